The molecule has 0 aromatic carbocycles. The van der Waals surface area contributed by atoms with Gasteiger partial charge in [0.2, 0.25) is 5.91 Å². The van der Waals surface area contributed by atoms with Gasteiger partial charge in [-0.25, -0.2) is 0 Å². The van der Waals surface area contributed by atoms with E-state index >= 15 is 0 Å². The molecule has 0 N–H and O–H groups in total. The number of likely N-dealkylation sites (N-methyl/N-ethyl adjacent to an activating group) is 2. The minimum Gasteiger partial charge on any atom is -0.344 e. The molecule has 4 nitrogen and oxygen atoms in total. The lowest BCUT2D eigenvalue weighted by atomic mass is 9.70. The van der Waals surface area contributed by atoms with Crippen LogP contribution >= 0.6 is 0 Å². The van der Waals surface area contributed by atoms with Crippen molar-refractivity contribution in [2.24, 2.45) is 17.3 Å². The molecular formula is C19H36N2O2. The summed E-state index contributed by atoms with van der Waals surface area (Å²) >= 11 is 0. The molecule has 1 aliphatic carbocycles. The topological polar surface area (TPSA) is 40.6 Å². The van der Waals surface area contributed by atoms with Crippen molar-refractivity contribution in [1.29, 1.82) is 0 Å². The molecule has 1 amide bonds. The highest BCUT2D eigenvalue weighted by molar-refractivity contribution is 5.91. The Kier molecular flexibility index (Phi) is 7.72. The van der Waals surface area contributed by atoms with Gasteiger partial charge in [-0.05, 0) is 25.9 Å². The van der Waals surface area contributed by atoms with Gasteiger partial charge in [0.05, 0.1) is 0 Å². The largest absolute Gasteiger partial charge is 0.344 e. The van der Waals surface area contributed by atoms with Crippen molar-refractivity contribution in [3.05, 3.63) is 0 Å². The predicted octanol–water partition coefficient (Wildman–Crippen LogP) is 3.21. The van der Waals surface area contributed by atoms with E-state index in [1.807, 2.05) is 32.7 Å². The van der Waals surface area contributed by atoms with Crippen LogP contribution in [-0.4, -0.2) is 54.7 Å². The van der Waals surface area contributed by atoms with Gasteiger partial charge < -0.3 is 9.80 Å². The van der Waals surface area contributed by atoms with Gasteiger partial charge in [0.25, 0.3) is 0 Å². The third-order valence-corrected chi connectivity index (χ3v) is 5.18. The molecule has 134 valence electrons. The van der Waals surface area contributed by atoms with Gasteiger partial charge in [0, 0.05) is 37.4 Å². The average Bonchev–Trinajstić information content (AvgIpc) is 2.53. The van der Waals surface area contributed by atoms with E-state index < -0.39 is 0 Å². The van der Waals surface area contributed by atoms with E-state index in [2.05, 4.69) is 18.7 Å². The lowest BCUT2D eigenvalue weighted by molar-refractivity contribution is -0.144. The minimum atomic E-state index is -0.361. The molecule has 0 bridgehead atoms. The van der Waals surface area contributed by atoms with E-state index in [-0.39, 0.29) is 28.9 Å². The highest BCUT2D eigenvalue weighted by Gasteiger charge is 2.40. The third-order valence-electron chi connectivity index (χ3n) is 5.18. The summed E-state index contributed by atoms with van der Waals surface area (Å²) in [6.45, 7) is 13.9. The van der Waals surface area contributed by atoms with Gasteiger partial charge in [-0.2, -0.15) is 0 Å². The number of nitrogens with zero attached hydrogens (tertiary/aromatic N) is 2. The van der Waals surface area contributed by atoms with Crippen molar-refractivity contribution in [3.63, 3.8) is 0 Å². The van der Waals surface area contributed by atoms with E-state index in [0.29, 0.717) is 0 Å². The first kappa shape index (κ1) is 20.1. The third kappa shape index (κ3) is 5.59. The number of carbonyl (C=O) groups is 2. The van der Waals surface area contributed by atoms with Crippen molar-refractivity contribution in [1.82, 2.24) is 9.80 Å². The van der Waals surface area contributed by atoms with E-state index in [1.54, 1.807) is 0 Å². The van der Waals surface area contributed by atoms with Gasteiger partial charge in [0.1, 0.15) is 5.78 Å². The molecule has 1 rings (SSSR count). The highest BCUT2D eigenvalue weighted by Crippen LogP contribution is 2.36. The summed E-state index contributed by atoms with van der Waals surface area (Å²) in [7, 11) is 1.89. The van der Waals surface area contributed by atoms with Crippen LogP contribution < -0.4 is 0 Å². The lowest BCUT2D eigenvalue weighted by Crippen LogP contribution is -2.45. The molecule has 0 aromatic rings. The molecule has 1 saturated carbocycles. The molecular weight excluding hydrogens is 288 g/mol. The Labute approximate surface area is 142 Å². The second-order valence-corrected chi connectivity index (χ2v) is 7.90. The quantitative estimate of drug-likeness (QED) is 0.722. The summed E-state index contributed by atoms with van der Waals surface area (Å²) in [5, 5.41) is 0. The number of hydrogen-bond acceptors (Lipinski definition) is 3. The molecule has 23 heavy (non-hydrogen) atoms. The normalized spacial score (nSPS) is 22.2. The Morgan fingerprint density at radius 3 is 1.96 bits per heavy atom. The minimum absolute atomic E-state index is 0.0906. The standard InChI is InChI=1S/C19H36N2O2/c1-7-21(8-2)14-13-20(6)18(23)16-12-10-9-11-15(16)17(22)19(3,4)5/h15-16H,7-14H2,1-6H3/t15-,16+/m1/s1. The lowest BCUT2D eigenvalue weighted by Gasteiger charge is -2.36. The first-order chi connectivity index (χ1) is 10.7. The number of ketones is 1. The molecule has 0 aliphatic heterocycles. The number of carbonyl (C=O) groups excluding carboxylic acids is 2. The summed E-state index contributed by atoms with van der Waals surface area (Å²) in [5.41, 5.74) is -0.361. The van der Waals surface area contributed by atoms with Crippen molar-refractivity contribution >= 4 is 11.7 Å². The van der Waals surface area contributed by atoms with Crippen molar-refractivity contribution in [2.45, 2.75) is 60.3 Å². The molecule has 4 heteroatoms. The van der Waals surface area contributed by atoms with E-state index in [9.17, 15) is 9.59 Å². The molecule has 0 heterocycles. The Hall–Kier alpha value is -0.900. The Morgan fingerprint density at radius 1 is 0.957 bits per heavy atom. The predicted molar refractivity (Wildman–Crippen MR) is 95.3 cm³/mol. The van der Waals surface area contributed by atoms with Gasteiger partial charge in [-0.3, -0.25) is 9.59 Å². The summed E-state index contributed by atoms with van der Waals surface area (Å²) in [4.78, 5) is 29.8. The Bertz CT molecular complexity index is 397. The number of rotatable bonds is 7. The van der Waals surface area contributed by atoms with Gasteiger partial charge >= 0.3 is 0 Å². The second-order valence-electron chi connectivity index (χ2n) is 7.90. The summed E-state index contributed by atoms with van der Waals surface area (Å²) < 4.78 is 0. The summed E-state index contributed by atoms with van der Waals surface area (Å²) in [6, 6.07) is 0. The van der Waals surface area contributed by atoms with E-state index in [0.717, 1.165) is 51.9 Å². The monoisotopic (exact) mass is 324 g/mol. The van der Waals surface area contributed by atoms with Crippen LogP contribution in [0.1, 0.15) is 60.3 Å². The Balaban J connectivity index is 2.72. The van der Waals surface area contributed by atoms with E-state index in [4.69, 9.17) is 0 Å². The fourth-order valence-electron chi connectivity index (χ4n) is 3.52. The van der Waals surface area contributed by atoms with Crippen molar-refractivity contribution in [2.75, 3.05) is 33.2 Å². The summed E-state index contributed by atoms with van der Waals surface area (Å²) in [6.07, 6.45) is 3.87. The zero-order chi connectivity index (χ0) is 17.6. The smallest absolute Gasteiger partial charge is 0.226 e. The van der Waals surface area contributed by atoms with Crippen LogP contribution in [0.3, 0.4) is 0 Å². The summed E-state index contributed by atoms with van der Waals surface area (Å²) in [5.74, 6) is 0.219. The second kappa shape index (κ2) is 8.81. The molecule has 0 spiro atoms. The maximum absolute atomic E-state index is 12.9. The van der Waals surface area contributed by atoms with Crippen LogP contribution in [0.25, 0.3) is 0 Å². The molecule has 0 aromatic heterocycles. The number of Topliss-reactive ketones (excluding diaryl/α,β-unsaturated/α-hetero) is 1. The molecule has 0 unspecified atom stereocenters. The van der Waals surface area contributed by atoms with Crippen LogP contribution in [0, 0.1) is 17.3 Å². The first-order valence-corrected chi connectivity index (χ1v) is 9.24. The molecule has 0 radical (unpaired) electrons. The first-order valence-electron chi connectivity index (χ1n) is 9.24. The fraction of sp³-hybridized carbons (Fsp3) is 0.895. The van der Waals surface area contributed by atoms with Crippen LogP contribution in [0.4, 0.5) is 0 Å². The maximum Gasteiger partial charge on any atom is 0.226 e. The van der Waals surface area contributed by atoms with Gasteiger partial charge in [0.15, 0.2) is 0 Å². The van der Waals surface area contributed by atoms with Gasteiger partial charge in [-0.1, -0.05) is 47.5 Å². The highest BCUT2D eigenvalue weighted by atomic mass is 16.2. The zero-order valence-corrected chi connectivity index (χ0v) is 16.0. The van der Waals surface area contributed by atoms with Gasteiger partial charge in [-0.15, -0.1) is 0 Å². The SMILES string of the molecule is CCN(CC)CCN(C)C(=O)[C@H]1CCCC[C@H]1C(=O)C(C)(C)C. The molecule has 0 saturated heterocycles. The van der Waals surface area contributed by atoms with Crippen LogP contribution in [0.2, 0.25) is 0 Å². The maximum atomic E-state index is 12.9. The van der Waals surface area contributed by atoms with Crippen LogP contribution in [-0.2, 0) is 9.59 Å². The zero-order valence-electron chi connectivity index (χ0n) is 16.0. The van der Waals surface area contributed by atoms with E-state index in [1.165, 1.54) is 0 Å². The number of hydrogen-bond donors (Lipinski definition) is 0. The number of amides is 1. The molecule has 1 fully saturated rings. The molecule has 1 aliphatic rings. The fourth-order valence-corrected chi connectivity index (χ4v) is 3.52. The average molecular weight is 325 g/mol. The molecule has 2 atom stereocenters. The van der Waals surface area contributed by atoms with Crippen LogP contribution in [0.5, 0.6) is 0 Å². The van der Waals surface area contributed by atoms with Crippen LogP contribution in [0.15, 0.2) is 0 Å². The Morgan fingerprint density at radius 2 is 1.48 bits per heavy atom. The van der Waals surface area contributed by atoms with Crippen molar-refractivity contribution < 1.29 is 9.59 Å². The van der Waals surface area contributed by atoms with Crippen molar-refractivity contribution in [3.8, 4) is 0 Å².